The number of hydrogen-bond donors (Lipinski definition) is 1. The molecule has 106 valence electrons. The van der Waals surface area contributed by atoms with Gasteiger partial charge in [0.05, 0.1) is 16.8 Å². The van der Waals surface area contributed by atoms with Crippen molar-refractivity contribution in [2.45, 2.75) is 31.6 Å². The predicted molar refractivity (Wildman–Crippen MR) is 80.6 cm³/mol. The SMILES string of the molecule is O=C1NC(=O)c2cc(-c3cc(C4CCCC4)sn3)ccc21. The highest BCUT2D eigenvalue weighted by molar-refractivity contribution is 7.06. The molecule has 5 heteroatoms. The molecule has 1 N–H and O–H groups in total. The summed E-state index contributed by atoms with van der Waals surface area (Å²) in [6.45, 7) is 0. The third-order valence-electron chi connectivity index (χ3n) is 4.32. The predicted octanol–water partition coefficient (Wildman–Crippen LogP) is 3.35. The first-order chi connectivity index (χ1) is 10.2. The van der Waals surface area contributed by atoms with Gasteiger partial charge in [0.15, 0.2) is 0 Å². The Hall–Kier alpha value is -2.01. The average Bonchev–Trinajstić information content (AvgIpc) is 3.20. The normalized spacial score (nSPS) is 18.1. The summed E-state index contributed by atoms with van der Waals surface area (Å²) in [5.41, 5.74) is 2.71. The van der Waals surface area contributed by atoms with Gasteiger partial charge in [0, 0.05) is 10.4 Å². The van der Waals surface area contributed by atoms with E-state index in [1.165, 1.54) is 30.6 Å². The molecule has 1 aromatic heterocycles. The van der Waals surface area contributed by atoms with Crippen LogP contribution < -0.4 is 5.32 Å². The second-order valence-electron chi connectivity index (χ2n) is 5.64. The molecule has 1 aliphatic carbocycles. The van der Waals surface area contributed by atoms with Gasteiger partial charge in [-0.25, -0.2) is 0 Å². The van der Waals surface area contributed by atoms with Crippen LogP contribution in [0.25, 0.3) is 11.3 Å². The van der Waals surface area contributed by atoms with Gasteiger partial charge in [-0.3, -0.25) is 14.9 Å². The summed E-state index contributed by atoms with van der Waals surface area (Å²) in [4.78, 5) is 24.6. The lowest BCUT2D eigenvalue weighted by molar-refractivity contribution is 0.0879. The monoisotopic (exact) mass is 298 g/mol. The molecule has 0 radical (unpaired) electrons. The number of nitrogens with one attached hydrogen (secondary N) is 1. The molecule has 0 saturated heterocycles. The van der Waals surface area contributed by atoms with Crippen molar-refractivity contribution in [3.8, 4) is 11.3 Å². The Bertz CT molecular complexity index is 744. The van der Waals surface area contributed by atoms with Crippen LogP contribution in [-0.2, 0) is 0 Å². The minimum atomic E-state index is -0.317. The zero-order chi connectivity index (χ0) is 14.4. The van der Waals surface area contributed by atoms with E-state index >= 15 is 0 Å². The molecule has 2 aromatic rings. The first-order valence-corrected chi connectivity index (χ1v) is 7.96. The summed E-state index contributed by atoms with van der Waals surface area (Å²) in [7, 11) is 0. The minimum absolute atomic E-state index is 0.313. The largest absolute Gasteiger partial charge is 0.288 e. The van der Waals surface area contributed by atoms with E-state index in [2.05, 4.69) is 15.8 Å². The first kappa shape index (κ1) is 12.7. The number of amides is 2. The van der Waals surface area contributed by atoms with E-state index in [0.717, 1.165) is 11.3 Å². The molecule has 0 unspecified atom stereocenters. The van der Waals surface area contributed by atoms with Gasteiger partial charge in [0.1, 0.15) is 0 Å². The molecule has 21 heavy (non-hydrogen) atoms. The zero-order valence-corrected chi connectivity index (χ0v) is 12.2. The van der Waals surface area contributed by atoms with Gasteiger partial charge in [-0.05, 0) is 48.5 Å². The number of nitrogens with zero attached hydrogens (tertiary/aromatic N) is 1. The van der Waals surface area contributed by atoms with E-state index in [4.69, 9.17) is 0 Å². The molecule has 1 saturated carbocycles. The average molecular weight is 298 g/mol. The van der Waals surface area contributed by atoms with E-state index in [9.17, 15) is 9.59 Å². The van der Waals surface area contributed by atoms with E-state index in [0.29, 0.717) is 17.0 Å². The van der Waals surface area contributed by atoms with Crippen LogP contribution in [0.15, 0.2) is 24.3 Å². The van der Waals surface area contributed by atoms with E-state index < -0.39 is 0 Å². The van der Waals surface area contributed by atoms with Crippen LogP contribution in [0.4, 0.5) is 0 Å². The van der Waals surface area contributed by atoms with Crippen LogP contribution in [0.2, 0.25) is 0 Å². The molecule has 1 fully saturated rings. The molecule has 2 heterocycles. The number of imide groups is 1. The Morgan fingerprint density at radius 3 is 2.62 bits per heavy atom. The van der Waals surface area contributed by atoms with Crippen molar-refractivity contribution in [1.29, 1.82) is 0 Å². The third kappa shape index (κ3) is 2.08. The lowest BCUT2D eigenvalue weighted by Gasteiger charge is -2.03. The minimum Gasteiger partial charge on any atom is -0.288 e. The van der Waals surface area contributed by atoms with Crippen molar-refractivity contribution < 1.29 is 9.59 Å². The fourth-order valence-electron chi connectivity index (χ4n) is 3.16. The van der Waals surface area contributed by atoms with Gasteiger partial charge in [-0.1, -0.05) is 18.9 Å². The second-order valence-corrected chi connectivity index (χ2v) is 6.48. The van der Waals surface area contributed by atoms with Crippen LogP contribution >= 0.6 is 11.5 Å². The molecule has 2 aliphatic rings. The van der Waals surface area contributed by atoms with Crippen LogP contribution in [0.5, 0.6) is 0 Å². The molecule has 0 bridgehead atoms. The highest BCUT2D eigenvalue weighted by atomic mass is 32.1. The lowest BCUT2D eigenvalue weighted by Crippen LogP contribution is -2.19. The van der Waals surface area contributed by atoms with Gasteiger partial charge in [0.25, 0.3) is 11.8 Å². The fraction of sp³-hybridized carbons (Fsp3) is 0.312. The van der Waals surface area contributed by atoms with Crippen molar-refractivity contribution in [3.05, 3.63) is 40.3 Å². The molecular weight excluding hydrogens is 284 g/mol. The molecule has 4 rings (SSSR count). The van der Waals surface area contributed by atoms with Crippen molar-refractivity contribution in [3.63, 3.8) is 0 Å². The summed E-state index contributed by atoms with van der Waals surface area (Å²) < 4.78 is 4.53. The highest BCUT2D eigenvalue weighted by Gasteiger charge is 2.27. The van der Waals surface area contributed by atoms with Crippen LogP contribution in [0, 0.1) is 0 Å². The van der Waals surface area contributed by atoms with Crippen molar-refractivity contribution in [2.75, 3.05) is 0 Å². The highest BCUT2D eigenvalue weighted by Crippen LogP contribution is 2.38. The topological polar surface area (TPSA) is 59.1 Å². The lowest BCUT2D eigenvalue weighted by atomic mass is 10.0. The Morgan fingerprint density at radius 1 is 1.05 bits per heavy atom. The van der Waals surface area contributed by atoms with Crippen LogP contribution in [0.3, 0.4) is 0 Å². The van der Waals surface area contributed by atoms with Gasteiger partial charge >= 0.3 is 0 Å². The Kier molecular flexibility index (Phi) is 2.89. The summed E-state index contributed by atoms with van der Waals surface area (Å²) >= 11 is 1.56. The maximum Gasteiger partial charge on any atom is 0.258 e. The number of fused-ring (bicyclic) bond motifs is 1. The Labute approximate surface area is 126 Å². The Morgan fingerprint density at radius 2 is 1.81 bits per heavy atom. The number of hydrogen-bond acceptors (Lipinski definition) is 4. The fourth-order valence-corrected chi connectivity index (χ4v) is 4.07. The quantitative estimate of drug-likeness (QED) is 0.865. The molecule has 1 aliphatic heterocycles. The summed E-state index contributed by atoms with van der Waals surface area (Å²) in [6.07, 6.45) is 5.11. The number of aromatic nitrogens is 1. The van der Waals surface area contributed by atoms with Crippen LogP contribution in [-0.4, -0.2) is 16.2 Å². The molecular formula is C16H14N2O2S. The molecule has 2 amide bonds. The maximum absolute atomic E-state index is 11.7. The Balaban J connectivity index is 1.69. The zero-order valence-electron chi connectivity index (χ0n) is 11.4. The van der Waals surface area contributed by atoms with Gasteiger partial charge in [0.2, 0.25) is 0 Å². The van der Waals surface area contributed by atoms with Crippen molar-refractivity contribution in [2.24, 2.45) is 0 Å². The molecule has 0 atom stereocenters. The molecule has 1 aromatic carbocycles. The number of benzene rings is 1. The van der Waals surface area contributed by atoms with E-state index in [-0.39, 0.29) is 11.8 Å². The summed E-state index contributed by atoms with van der Waals surface area (Å²) in [6, 6.07) is 7.48. The number of rotatable bonds is 2. The molecule has 0 spiro atoms. The maximum atomic E-state index is 11.7. The summed E-state index contributed by atoms with van der Waals surface area (Å²) in [5.74, 6) is 0.0186. The number of carbonyl (C=O) groups excluding carboxylic acids is 2. The van der Waals surface area contributed by atoms with E-state index in [1.54, 1.807) is 23.7 Å². The third-order valence-corrected chi connectivity index (χ3v) is 5.27. The van der Waals surface area contributed by atoms with Gasteiger partial charge < -0.3 is 0 Å². The smallest absolute Gasteiger partial charge is 0.258 e. The van der Waals surface area contributed by atoms with E-state index in [1.807, 2.05) is 6.07 Å². The molecule has 4 nitrogen and oxygen atoms in total. The van der Waals surface area contributed by atoms with Gasteiger partial charge in [-0.2, -0.15) is 4.37 Å². The standard InChI is InChI=1S/C16H14N2O2S/c19-15-11-6-5-10(7-12(11)16(20)17-15)13-8-14(21-18-13)9-3-1-2-4-9/h5-9H,1-4H2,(H,17,19,20). The van der Waals surface area contributed by atoms with Crippen molar-refractivity contribution >= 4 is 23.3 Å². The first-order valence-electron chi connectivity index (χ1n) is 7.19. The van der Waals surface area contributed by atoms with Gasteiger partial charge in [-0.15, -0.1) is 0 Å². The number of carbonyl (C=O) groups is 2. The second kappa shape index (κ2) is 4.77. The van der Waals surface area contributed by atoms with Crippen LogP contribution in [0.1, 0.15) is 57.2 Å². The summed E-state index contributed by atoms with van der Waals surface area (Å²) in [5, 5.41) is 2.32. The van der Waals surface area contributed by atoms with Crippen molar-refractivity contribution in [1.82, 2.24) is 9.69 Å².